The highest BCUT2D eigenvalue weighted by Crippen LogP contribution is 2.19. The monoisotopic (exact) mass is 263 g/mol. The number of halogens is 1. The van der Waals surface area contributed by atoms with Crippen LogP contribution in [0.4, 0.5) is 4.39 Å². The Bertz CT molecular complexity index is 522. The van der Waals surface area contributed by atoms with Gasteiger partial charge in [-0.25, -0.2) is 14.1 Å². The van der Waals surface area contributed by atoms with Gasteiger partial charge in [0.05, 0.1) is 6.54 Å². The van der Waals surface area contributed by atoms with Gasteiger partial charge in [-0.2, -0.15) is 5.10 Å². The highest BCUT2D eigenvalue weighted by Gasteiger charge is 2.16. The molecule has 0 aliphatic heterocycles. The molecule has 0 saturated carbocycles. The Hall–Kier alpha value is -1.75. The Balaban J connectivity index is 2.13. The minimum absolute atomic E-state index is 0.262. The first kappa shape index (κ1) is 13.7. The van der Waals surface area contributed by atoms with Gasteiger partial charge in [-0.05, 0) is 30.0 Å². The number of nitrogens with zero attached hydrogens (tertiary/aromatic N) is 3. The maximum atomic E-state index is 12.8. The highest BCUT2D eigenvalue weighted by atomic mass is 19.1. The molecule has 1 aromatic heterocycles. The van der Waals surface area contributed by atoms with Crippen molar-refractivity contribution in [3.8, 4) is 0 Å². The molecule has 102 valence electrons. The van der Waals surface area contributed by atoms with Crippen LogP contribution < -0.4 is 0 Å². The van der Waals surface area contributed by atoms with Gasteiger partial charge in [0.15, 0.2) is 5.82 Å². The van der Waals surface area contributed by atoms with Gasteiger partial charge < -0.3 is 5.11 Å². The minimum atomic E-state index is -0.622. The van der Waals surface area contributed by atoms with Crippen molar-refractivity contribution in [1.82, 2.24) is 14.8 Å². The Morgan fingerprint density at radius 3 is 2.58 bits per heavy atom. The SMILES string of the molecule is CC(C)C[C@H](O)c1ncnn1Cc1ccc(F)cc1. The second-order valence-corrected chi connectivity index (χ2v) is 5.05. The van der Waals surface area contributed by atoms with Crippen LogP contribution in [0.1, 0.15) is 37.8 Å². The van der Waals surface area contributed by atoms with Crippen molar-refractivity contribution in [3.63, 3.8) is 0 Å². The van der Waals surface area contributed by atoms with Gasteiger partial charge in [0, 0.05) is 0 Å². The first-order valence-electron chi connectivity index (χ1n) is 6.36. The van der Waals surface area contributed by atoms with E-state index < -0.39 is 6.10 Å². The van der Waals surface area contributed by atoms with Gasteiger partial charge in [-0.1, -0.05) is 26.0 Å². The van der Waals surface area contributed by atoms with Crippen LogP contribution in [0, 0.1) is 11.7 Å². The largest absolute Gasteiger partial charge is 0.385 e. The average molecular weight is 263 g/mol. The number of benzene rings is 1. The van der Waals surface area contributed by atoms with E-state index in [1.165, 1.54) is 18.5 Å². The standard InChI is InChI=1S/C14H18FN3O/c1-10(2)7-13(19)14-16-9-17-18(14)8-11-3-5-12(15)6-4-11/h3-6,9-10,13,19H,7-8H2,1-2H3/t13-/m0/s1. The molecular formula is C14H18FN3O. The Labute approximate surface area is 111 Å². The third kappa shape index (κ3) is 3.61. The van der Waals surface area contributed by atoms with Gasteiger partial charge in [-0.3, -0.25) is 0 Å². The molecule has 5 heteroatoms. The van der Waals surface area contributed by atoms with Crippen LogP contribution in [0.15, 0.2) is 30.6 Å². The molecule has 0 spiro atoms. The van der Waals surface area contributed by atoms with E-state index in [1.807, 2.05) is 13.8 Å². The van der Waals surface area contributed by atoms with Crippen LogP contribution in [0.2, 0.25) is 0 Å². The van der Waals surface area contributed by atoms with Gasteiger partial charge in [0.2, 0.25) is 0 Å². The van der Waals surface area contributed by atoms with Gasteiger partial charge in [0.1, 0.15) is 18.2 Å². The summed E-state index contributed by atoms with van der Waals surface area (Å²) < 4.78 is 14.5. The van der Waals surface area contributed by atoms with Crippen LogP contribution in [-0.2, 0) is 6.54 Å². The van der Waals surface area contributed by atoms with E-state index in [9.17, 15) is 9.50 Å². The summed E-state index contributed by atoms with van der Waals surface area (Å²) in [5.74, 6) is 0.673. The predicted octanol–water partition coefficient (Wildman–Crippen LogP) is 2.55. The smallest absolute Gasteiger partial charge is 0.156 e. The second-order valence-electron chi connectivity index (χ2n) is 5.05. The summed E-state index contributed by atoms with van der Waals surface area (Å²) in [6.45, 7) is 4.57. The molecule has 0 radical (unpaired) electrons. The van der Waals surface area contributed by atoms with Crippen LogP contribution >= 0.6 is 0 Å². The van der Waals surface area contributed by atoms with Crippen molar-refractivity contribution < 1.29 is 9.50 Å². The average Bonchev–Trinajstić information content (AvgIpc) is 2.79. The molecule has 2 rings (SSSR count). The molecule has 0 saturated heterocycles. The Kier molecular flexibility index (Phi) is 4.27. The van der Waals surface area contributed by atoms with E-state index in [0.29, 0.717) is 24.7 Å². The molecule has 0 unspecified atom stereocenters. The number of aliphatic hydroxyl groups excluding tert-OH is 1. The fraction of sp³-hybridized carbons (Fsp3) is 0.429. The zero-order chi connectivity index (χ0) is 13.8. The van der Waals surface area contributed by atoms with E-state index in [-0.39, 0.29) is 5.82 Å². The predicted molar refractivity (Wildman–Crippen MR) is 69.9 cm³/mol. The molecule has 0 amide bonds. The summed E-state index contributed by atoms with van der Waals surface area (Å²) in [6.07, 6.45) is 1.45. The highest BCUT2D eigenvalue weighted by molar-refractivity contribution is 5.16. The van der Waals surface area contributed by atoms with E-state index in [1.54, 1.807) is 16.8 Å². The molecule has 19 heavy (non-hydrogen) atoms. The fourth-order valence-corrected chi connectivity index (χ4v) is 1.97. The molecule has 1 aromatic carbocycles. The van der Waals surface area contributed by atoms with E-state index in [4.69, 9.17) is 0 Å². The second kappa shape index (κ2) is 5.93. The van der Waals surface area contributed by atoms with Crippen molar-refractivity contribution in [2.24, 2.45) is 5.92 Å². The van der Waals surface area contributed by atoms with Crippen molar-refractivity contribution in [2.75, 3.05) is 0 Å². The molecule has 1 heterocycles. The Morgan fingerprint density at radius 2 is 1.95 bits per heavy atom. The lowest BCUT2D eigenvalue weighted by Crippen LogP contribution is -2.13. The van der Waals surface area contributed by atoms with Gasteiger partial charge >= 0.3 is 0 Å². The maximum absolute atomic E-state index is 12.8. The lowest BCUT2D eigenvalue weighted by molar-refractivity contribution is 0.136. The third-order valence-corrected chi connectivity index (χ3v) is 2.88. The van der Waals surface area contributed by atoms with Crippen molar-refractivity contribution in [1.29, 1.82) is 0 Å². The number of hydrogen-bond acceptors (Lipinski definition) is 3. The summed E-state index contributed by atoms with van der Waals surface area (Å²) in [4.78, 5) is 4.11. The summed E-state index contributed by atoms with van der Waals surface area (Å²) >= 11 is 0. The zero-order valence-corrected chi connectivity index (χ0v) is 11.1. The molecule has 1 atom stereocenters. The molecule has 4 nitrogen and oxygen atoms in total. The van der Waals surface area contributed by atoms with E-state index >= 15 is 0 Å². The quantitative estimate of drug-likeness (QED) is 0.902. The van der Waals surface area contributed by atoms with E-state index in [0.717, 1.165) is 5.56 Å². The van der Waals surface area contributed by atoms with Gasteiger partial charge in [0.25, 0.3) is 0 Å². The zero-order valence-electron chi connectivity index (χ0n) is 11.1. The number of aliphatic hydroxyl groups is 1. The van der Waals surface area contributed by atoms with Crippen LogP contribution in [0.3, 0.4) is 0 Å². The summed E-state index contributed by atoms with van der Waals surface area (Å²) in [5.41, 5.74) is 0.921. The lowest BCUT2D eigenvalue weighted by Gasteiger charge is -2.13. The maximum Gasteiger partial charge on any atom is 0.156 e. The van der Waals surface area contributed by atoms with E-state index in [2.05, 4.69) is 10.1 Å². The molecule has 0 bridgehead atoms. The van der Waals surface area contributed by atoms with Crippen LogP contribution in [0.5, 0.6) is 0 Å². The van der Waals surface area contributed by atoms with Crippen molar-refractivity contribution in [3.05, 3.63) is 47.8 Å². The molecule has 0 fully saturated rings. The molecule has 1 N–H and O–H groups in total. The van der Waals surface area contributed by atoms with Crippen molar-refractivity contribution in [2.45, 2.75) is 32.9 Å². The molecular weight excluding hydrogens is 245 g/mol. The number of hydrogen-bond donors (Lipinski definition) is 1. The summed E-state index contributed by atoms with van der Waals surface area (Å²) in [5, 5.41) is 14.2. The lowest BCUT2D eigenvalue weighted by atomic mass is 10.1. The first-order chi connectivity index (χ1) is 9.06. The summed E-state index contributed by atoms with van der Waals surface area (Å²) in [6, 6.07) is 6.23. The molecule has 0 aliphatic carbocycles. The fourth-order valence-electron chi connectivity index (χ4n) is 1.97. The topological polar surface area (TPSA) is 50.9 Å². The van der Waals surface area contributed by atoms with Crippen molar-refractivity contribution >= 4 is 0 Å². The molecule has 0 aliphatic rings. The Morgan fingerprint density at radius 1 is 1.26 bits per heavy atom. The number of rotatable bonds is 5. The normalized spacial score (nSPS) is 12.9. The minimum Gasteiger partial charge on any atom is -0.385 e. The molecule has 2 aromatic rings. The third-order valence-electron chi connectivity index (χ3n) is 2.88. The van der Waals surface area contributed by atoms with Crippen LogP contribution in [0.25, 0.3) is 0 Å². The number of aromatic nitrogens is 3. The van der Waals surface area contributed by atoms with Gasteiger partial charge in [-0.15, -0.1) is 0 Å². The summed E-state index contributed by atoms with van der Waals surface area (Å²) in [7, 11) is 0. The van der Waals surface area contributed by atoms with Crippen LogP contribution in [-0.4, -0.2) is 19.9 Å². The first-order valence-corrected chi connectivity index (χ1v) is 6.36.